The number of hydrogen-bond acceptors (Lipinski definition) is 3. The molecule has 2 heterocycles. The number of H-pyrrole nitrogens is 1. The molecule has 0 unspecified atom stereocenters. The molecule has 20 heavy (non-hydrogen) atoms. The lowest BCUT2D eigenvalue weighted by Gasteiger charge is -2.01. The van der Waals surface area contributed by atoms with Crippen LogP contribution in [0.1, 0.15) is 10.4 Å². The Morgan fingerprint density at radius 2 is 2.10 bits per heavy atom. The van der Waals surface area contributed by atoms with Gasteiger partial charge < -0.3 is 10.1 Å². The average Bonchev–Trinajstić information content (AvgIpc) is 2.84. The second-order valence-electron chi connectivity index (χ2n) is 4.09. The molecule has 0 saturated heterocycles. The van der Waals surface area contributed by atoms with Crippen molar-refractivity contribution in [3.05, 3.63) is 46.1 Å². The number of carboxylic acid groups (broad SMARTS) is 1. The van der Waals surface area contributed by atoms with Crippen molar-refractivity contribution < 1.29 is 9.90 Å². The standard InChI is InChI=1S/C13H7Cl2N3O2/c14-8-3-1-2-7(10(8)15)11-17-9-4-6(13(19)20)5-16-12(9)18-11/h1-5H,(H,19,20)(H,16,17,18). The molecule has 0 aliphatic heterocycles. The van der Waals surface area contributed by atoms with Gasteiger partial charge in [0.05, 0.1) is 21.1 Å². The fourth-order valence-electron chi connectivity index (χ4n) is 1.83. The summed E-state index contributed by atoms with van der Waals surface area (Å²) in [5.41, 5.74) is 1.66. The number of carboxylic acids is 1. The highest BCUT2D eigenvalue weighted by molar-refractivity contribution is 6.43. The molecule has 0 amide bonds. The molecule has 100 valence electrons. The molecule has 1 aromatic carbocycles. The van der Waals surface area contributed by atoms with Gasteiger partial charge in [0.15, 0.2) is 5.65 Å². The van der Waals surface area contributed by atoms with E-state index in [1.165, 1.54) is 12.3 Å². The van der Waals surface area contributed by atoms with Crippen LogP contribution in [0.3, 0.4) is 0 Å². The Morgan fingerprint density at radius 1 is 1.30 bits per heavy atom. The van der Waals surface area contributed by atoms with Crippen LogP contribution >= 0.6 is 23.2 Å². The number of rotatable bonds is 2. The van der Waals surface area contributed by atoms with Crippen LogP contribution in [0, 0.1) is 0 Å². The van der Waals surface area contributed by atoms with Gasteiger partial charge in [-0.25, -0.2) is 14.8 Å². The first kappa shape index (κ1) is 12.9. The molecular weight excluding hydrogens is 301 g/mol. The molecule has 0 aliphatic carbocycles. The number of pyridine rings is 1. The van der Waals surface area contributed by atoms with E-state index in [1.807, 2.05) is 0 Å². The van der Waals surface area contributed by atoms with E-state index in [9.17, 15) is 4.79 Å². The zero-order chi connectivity index (χ0) is 14.3. The largest absolute Gasteiger partial charge is 0.478 e. The number of aromatic amines is 1. The summed E-state index contributed by atoms with van der Waals surface area (Å²) in [7, 11) is 0. The first-order chi connectivity index (χ1) is 9.56. The monoisotopic (exact) mass is 307 g/mol. The van der Waals surface area contributed by atoms with Crippen molar-refractivity contribution in [2.24, 2.45) is 0 Å². The van der Waals surface area contributed by atoms with Gasteiger partial charge in [-0.05, 0) is 18.2 Å². The van der Waals surface area contributed by atoms with Crippen molar-refractivity contribution in [2.75, 3.05) is 0 Å². The predicted octanol–water partition coefficient (Wildman–Crippen LogP) is 3.63. The van der Waals surface area contributed by atoms with Crippen molar-refractivity contribution in [1.82, 2.24) is 15.0 Å². The maximum Gasteiger partial charge on any atom is 0.337 e. The van der Waals surface area contributed by atoms with Crippen LogP contribution in [-0.2, 0) is 0 Å². The molecular formula is C13H7Cl2N3O2. The number of aromatic carboxylic acids is 1. The molecule has 2 N–H and O–H groups in total. The van der Waals surface area contributed by atoms with Gasteiger partial charge in [0, 0.05) is 11.8 Å². The van der Waals surface area contributed by atoms with Gasteiger partial charge in [-0.15, -0.1) is 0 Å². The number of fused-ring (bicyclic) bond motifs is 1. The Kier molecular flexibility index (Phi) is 3.08. The number of halogens is 2. The number of aromatic nitrogens is 3. The molecule has 5 nitrogen and oxygen atoms in total. The minimum atomic E-state index is -1.05. The average molecular weight is 308 g/mol. The number of benzene rings is 1. The van der Waals surface area contributed by atoms with E-state index >= 15 is 0 Å². The number of hydrogen-bond donors (Lipinski definition) is 2. The maximum atomic E-state index is 10.9. The van der Waals surface area contributed by atoms with Crippen molar-refractivity contribution >= 4 is 40.3 Å². The smallest absolute Gasteiger partial charge is 0.337 e. The molecule has 3 rings (SSSR count). The number of imidazole rings is 1. The van der Waals surface area contributed by atoms with E-state index in [2.05, 4.69) is 15.0 Å². The van der Waals surface area contributed by atoms with Crippen LogP contribution in [0.15, 0.2) is 30.5 Å². The minimum absolute atomic E-state index is 0.0879. The predicted molar refractivity (Wildman–Crippen MR) is 76.3 cm³/mol. The van der Waals surface area contributed by atoms with Gasteiger partial charge in [-0.2, -0.15) is 0 Å². The second-order valence-corrected chi connectivity index (χ2v) is 4.87. The third-order valence-corrected chi connectivity index (χ3v) is 3.61. The fraction of sp³-hybridized carbons (Fsp3) is 0. The lowest BCUT2D eigenvalue weighted by molar-refractivity contribution is 0.0696. The molecule has 0 saturated carbocycles. The summed E-state index contributed by atoms with van der Waals surface area (Å²) in [5.74, 6) is -0.557. The molecule has 2 aromatic heterocycles. The summed E-state index contributed by atoms with van der Waals surface area (Å²) in [6.45, 7) is 0. The van der Waals surface area contributed by atoms with Crippen LogP contribution in [-0.4, -0.2) is 26.0 Å². The number of carbonyl (C=O) groups is 1. The highest BCUT2D eigenvalue weighted by Gasteiger charge is 2.13. The zero-order valence-corrected chi connectivity index (χ0v) is 11.4. The lowest BCUT2D eigenvalue weighted by atomic mass is 10.2. The molecule has 0 fully saturated rings. The van der Waals surface area contributed by atoms with Crippen molar-refractivity contribution in [3.8, 4) is 11.4 Å². The Balaban J connectivity index is 2.18. The Morgan fingerprint density at radius 3 is 2.85 bits per heavy atom. The number of nitrogens with one attached hydrogen (secondary N) is 1. The van der Waals surface area contributed by atoms with E-state index in [0.29, 0.717) is 32.6 Å². The van der Waals surface area contributed by atoms with Gasteiger partial charge >= 0.3 is 5.97 Å². The van der Waals surface area contributed by atoms with Crippen molar-refractivity contribution in [1.29, 1.82) is 0 Å². The summed E-state index contributed by atoms with van der Waals surface area (Å²) < 4.78 is 0. The fourth-order valence-corrected chi connectivity index (χ4v) is 2.22. The topological polar surface area (TPSA) is 78.9 Å². The first-order valence-electron chi connectivity index (χ1n) is 5.59. The minimum Gasteiger partial charge on any atom is -0.478 e. The lowest BCUT2D eigenvalue weighted by Crippen LogP contribution is -1.96. The molecule has 0 bridgehead atoms. The molecule has 0 aliphatic rings. The molecule has 0 spiro atoms. The molecule has 7 heteroatoms. The summed E-state index contributed by atoms with van der Waals surface area (Å²) in [5, 5.41) is 9.74. The molecule has 0 atom stereocenters. The van der Waals surface area contributed by atoms with Crippen LogP contribution in [0.2, 0.25) is 10.0 Å². The SMILES string of the molecule is O=C(O)c1cnc2nc(-c3cccc(Cl)c3Cl)[nH]c2c1. The van der Waals surface area contributed by atoms with E-state index in [4.69, 9.17) is 28.3 Å². The Bertz CT molecular complexity index is 830. The Hall–Kier alpha value is -2.11. The normalized spacial score (nSPS) is 10.9. The highest BCUT2D eigenvalue weighted by Crippen LogP contribution is 2.32. The highest BCUT2D eigenvalue weighted by atomic mass is 35.5. The van der Waals surface area contributed by atoms with E-state index in [1.54, 1.807) is 18.2 Å². The zero-order valence-electron chi connectivity index (χ0n) is 9.89. The number of nitrogens with zero attached hydrogens (tertiary/aromatic N) is 2. The molecule has 3 aromatic rings. The maximum absolute atomic E-state index is 10.9. The third kappa shape index (κ3) is 2.11. The van der Waals surface area contributed by atoms with E-state index in [-0.39, 0.29) is 5.56 Å². The van der Waals surface area contributed by atoms with Crippen molar-refractivity contribution in [2.45, 2.75) is 0 Å². The first-order valence-corrected chi connectivity index (χ1v) is 6.35. The summed E-state index contributed by atoms with van der Waals surface area (Å²) in [6.07, 6.45) is 1.26. The van der Waals surface area contributed by atoms with Crippen LogP contribution < -0.4 is 0 Å². The van der Waals surface area contributed by atoms with E-state index in [0.717, 1.165) is 0 Å². The van der Waals surface area contributed by atoms with Crippen molar-refractivity contribution in [3.63, 3.8) is 0 Å². The summed E-state index contributed by atoms with van der Waals surface area (Å²) >= 11 is 12.1. The third-order valence-electron chi connectivity index (χ3n) is 2.79. The van der Waals surface area contributed by atoms with Crippen LogP contribution in [0.25, 0.3) is 22.6 Å². The summed E-state index contributed by atoms with van der Waals surface area (Å²) in [6, 6.07) is 6.67. The van der Waals surface area contributed by atoms with Gasteiger partial charge in [0.2, 0.25) is 0 Å². The van der Waals surface area contributed by atoms with Gasteiger partial charge in [0.1, 0.15) is 5.82 Å². The van der Waals surface area contributed by atoms with Gasteiger partial charge in [0.25, 0.3) is 0 Å². The van der Waals surface area contributed by atoms with E-state index < -0.39 is 5.97 Å². The second kappa shape index (κ2) is 4.77. The van der Waals surface area contributed by atoms with Gasteiger partial charge in [-0.1, -0.05) is 29.3 Å². The summed E-state index contributed by atoms with van der Waals surface area (Å²) in [4.78, 5) is 22.2. The Labute approximate surface area is 123 Å². The molecule has 0 radical (unpaired) electrons. The quantitative estimate of drug-likeness (QED) is 0.757. The van der Waals surface area contributed by atoms with Crippen LogP contribution in [0.4, 0.5) is 0 Å². The van der Waals surface area contributed by atoms with Crippen LogP contribution in [0.5, 0.6) is 0 Å². The van der Waals surface area contributed by atoms with Gasteiger partial charge in [-0.3, -0.25) is 0 Å².